The first-order valence-corrected chi connectivity index (χ1v) is 3.27. The summed E-state index contributed by atoms with van der Waals surface area (Å²) in [5.41, 5.74) is 4.81. The van der Waals surface area contributed by atoms with Crippen molar-refractivity contribution in [2.45, 2.75) is 32.0 Å². The minimum Gasteiger partial charge on any atom is -0.327 e. The van der Waals surface area contributed by atoms with E-state index in [2.05, 4.69) is 0 Å². The highest BCUT2D eigenvalue weighted by atomic mass is 19.4. The molecule has 0 saturated carbocycles. The minimum absolute atomic E-state index is 0.217. The lowest BCUT2D eigenvalue weighted by Crippen LogP contribution is -2.47. The first kappa shape index (κ1) is 11.6. The van der Waals surface area contributed by atoms with Crippen molar-refractivity contribution in [1.82, 2.24) is 0 Å². The topological polar surface area (TPSA) is 26.0 Å². The van der Waals surface area contributed by atoms with Crippen LogP contribution in [0.2, 0.25) is 0 Å². The molecule has 0 fully saturated rings. The summed E-state index contributed by atoms with van der Waals surface area (Å²) in [4.78, 5) is 0. The van der Waals surface area contributed by atoms with Gasteiger partial charge in [0.2, 0.25) is 0 Å². The molecule has 12 heavy (non-hydrogen) atoms. The van der Waals surface area contributed by atoms with Crippen molar-refractivity contribution in [3.8, 4) is 0 Å². The van der Waals surface area contributed by atoms with Gasteiger partial charge in [0, 0.05) is 13.0 Å². The predicted molar refractivity (Wildman–Crippen MR) is 33.8 cm³/mol. The van der Waals surface area contributed by atoms with Crippen molar-refractivity contribution >= 4 is 0 Å². The summed E-state index contributed by atoms with van der Waals surface area (Å²) < 4.78 is 60.4. The van der Waals surface area contributed by atoms with Gasteiger partial charge in [0.1, 0.15) is 5.92 Å². The van der Waals surface area contributed by atoms with Crippen LogP contribution in [0.15, 0.2) is 0 Å². The molecule has 74 valence electrons. The van der Waals surface area contributed by atoms with Crippen LogP contribution in [0.1, 0.15) is 13.8 Å². The van der Waals surface area contributed by atoms with Crippen molar-refractivity contribution in [1.29, 1.82) is 0 Å². The number of nitrogens with two attached hydrogens (primary N) is 1. The zero-order valence-corrected chi connectivity index (χ0v) is 6.62. The molecule has 0 heterocycles. The maximum atomic E-state index is 12.3. The first-order valence-electron chi connectivity index (χ1n) is 3.27. The van der Waals surface area contributed by atoms with Crippen LogP contribution >= 0.6 is 0 Å². The highest BCUT2D eigenvalue weighted by molar-refractivity contribution is 4.85. The first-order chi connectivity index (χ1) is 5.07. The lowest BCUT2D eigenvalue weighted by atomic mass is 9.95. The van der Waals surface area contributed by atoms with Crippen molar-refractivity contribution in [2.75, 3.05) is 0 Å². The molecule has 2 N–H and O–H groups in total. The second-order valence-corrected chi connectivity index (χ2v) is 2.83. The molecule has 0 saturated heterocycles. The van der Waals surface area contributed by atoms with E-state index in [-0.39, 0.29) is 6.92 Å². The van der Waals surface area contributed by atoms with E-state index in [1.807, 2.05) is 0 Å². The molecule has 0 radical (unpaired) electrons. The monoisotopic (exact) mass is 191 g/mol. The number of alkyl halides is 5. The summed E-state index contributed by atoms with van der Waals surface area (Å²) in [5.74, 6) is -6.60. The van der Waals surface area contributed by atoms with Crippen LogP contribution in [-0.2, 0) is 0 Å². The Morgan fingerprint density at radius 1 is 1.08 bits per heavy atom. The Balaban J connectivity index is 4.70. The third-order valence-corrected chi connectivity index (χ3v) is 1.42. The summed E-state index contributed by atoms with van der Waals surface area (Å²) in [6, 6.07) is -1.61. The summed E-state index contributed by atoms with van der Waals surface area (Å²) >= 11 is 0. The zero-order chi connectivity index (χ0) is 10.2. The molecule has 2 unspecified atom stereocenters. The van der Waals surface area contributed by atoms with E-state index in [0.717, 1.165) is 6.92 Å². The van der Waals surface area contributed by atoms with Crippen LogP contribution in [0.5, 0.6) is 0 Å². The van der Waals surface area contributed by atoms with E-state index in [1.165, 1.54) is 0 Å². The molecule has 1 nitrogen and oxygen atoms in total. The van der Waals surface area contributed by atoms with E-state index in [0.29, 0.717) is 0 Å². The maximum Gasteiger partial charge on any atom is 0.399 e. The number of hydrogen-bond donors (Lipinski definition) is 1. The van der Waals surface area contributed by atoms with Crippen LogP contribution in [0.25, 0.3) is 0 Å². The van der Waals surface area contributed by atoms with E-state index in [1.54, 1.807) is 0 Å². The van der Waals surface area contributed by atoms with Gasteiger partial charge in [0.15, 0.2) is 0 Å². The second-order valence-electron chi connectivity index (χ2n) is 2.83. The van der Waals surface area contributed by atoms with Gasteiger partial charge in [-0.3, -0.25) is 0 Å². The van der Waals surface area contributed by atoms with Crippen molar-refractivity contribution in [2.24, 2.45) is 11.7 Å². The molecule has 0 aliphatic rings. The quantitative estimate of drug-likeness (QED) is 0.665. The summed E-state index contributed by atoms with van der Waals surface area (Å²) in [5, 5.41) is 0. The molecule has 0 amide bonds. The van der Waals surface area contributed by atoms with Gasteiger partial charge in [-0.1, -0.05) is 0 Å². The van der Waals surface area contributed by atoms with Crippen molar-refractivity contribution < 1.29 is 22.0 Å². The van der Waals surface area contributed by atoms with Gasteiger partial charge < -0.3 is 5.73 Å². The molecular formula is C6H10F5N. The van der Waals surface area contributed by atoms with E-state index >= 15 is 0 Å². The van der Waals surface area contributed by atoms with Crippen LogP contribution < -0.4 is 5.73 Å². The van der Waals surface area contributed by atoms with Crippen molar-refractivity contribution in [3.05, 3.63) is 0 Å². The Bertz CT molecular complexity index is 131. The summed E-state index contributed by atoms with van der Waals surface area (Å²) in [6.45, 7) is 1.13. The molecule has 0 spiro atoms. The molecule has 0 aromatic rings. The number of hydrogen-bond acceptors (Lipinski definition) is 1. The van der Waals surface area contributed by atoms with E-state index in [9.17, 15) is 22.0 Å². The predicted octanol–water partition coefficient (Wildman–Crippen LogP) is 2.17. The van der Waals surface area contributed by atoms with Gasteiger partial charge in [-0.2, -0.15) is 13.2 Å². The Morgan fingerprint density at radius 2 is 1.42 bits per heavy atom. The Hall–Kier alpha value is -0.390. The zero-order valence-electron chi connectivity index (χ0n) is 6.62. The van der Waals surface area contributed by atoms with Gasteiger partial charge >= 0.3 is 6.18 Å². The molecule has 0 aliphatic carbocycles. The standard InChI is InChI=1S/C6H10F5N/c1-3(12)4(5(2,7)8)6(9,10)11/h3-4H,12H2,1-2H3. The Kier molecular flexibility index (Phi) is 3.06. The normalized spacial score (nSPS) is 19.0. The third kappa shape index (κ3) is 2.92. The Labute approximate surface area is 66.7 Å². The average Bonchev–Trinajstić information content (AvgIpc) is 1.49. The maximum absolute atomic E-state index is 12.3. The fourth-order valence-electron chi connectivity index (χ4n) is 1.05. The third-order valence-electron chi connectivity index (χ3n) is 1.42. The lowest BCUT2D eigenvalue weighted by Gasteiger charge is -2.28. The summed E-state index contributed by atoms with van der Waals surface area (Å²) in [6.07, 6.45) is -4.95. The van der Waals surface area contributed by atoms with Gasteiger partial charge in [0.25, 0.3) is 5.92 Å². The van der Waals surface area contributed by atoms with E-state index in [4.69, 9.17) is 5.73 Å². The molecule has 0 aromatic heterocycles. The molecule has 0 bridgehead atoms. The smallest absolute Gasteiger partial charge is 0.327 e. The van der Waals surface area contributed by atoms with Crippen LogP contribution in [0.3, 0.4) is 0 Å². The fraction of sp³-hybridized carbons (Fsp3) is 1.00. The van der Waals surface area contributed by atoms with Gasteiger partial charge in [-0.25, -0.2) is 8.78 Å². The largest absolute Gasteiger partial charge is 0.399 e. The second kappa shape index (κ2) is 3.16. The highest BCUT2D eigenvalue weighted by Crippen LogP contribution is 2.39. The van der Waals surface area contributed by atoms with Crippen LogP contribution in [0, 0.1) is 5.92 Å². The molecule has 6 heteroatoms. The highest BCUT2D eigenvalue weighted by Gasteiger charge is 2.54. The molecule has 0 aliphatic heterocycles. The number of rotatable bonds is 2. The number of halogens is 5. The molecular weight excluding hydrogens is 181 g/mol. The molecule has 0 aromatic carbocycles. The summed E-state index contributed by atoms with van der Waals surface area (Å²) in [7, 11) is 0. The van der Waals surface area contributed by atoms with Crippen LogP contribution in [-0.4, -0.2) is 18.1 Å². The lowest BCUT2D eigenvalue weighted by molar-refractivity contribution is -0.239. The van der Waals surface area contributed by atoms with Gasteiger partial charge in [-0.15, -0.1) is 0 Å². The minimum atomic E-state index is -4.95. The van der Waals surface area contributed by atoms with Crippen LogP contribution in [0.4, 0.5) is 22.0 Å². The SMILES string of the molecule is CC(N)C(C(C)(F)F)C(F)(F)F. The average molecular weight is 191 g/mol. The van der Waals surface area contributed by atoms with Gasteiger partial charge in [-0.05, 0) is 6.92 Å². The van der Waals surface area contributed by atoms with Gasteiger partial charge in [0.05, 0.1) is 0 Å². The fourth-order valence-corrected chi connectivity index (χ4v) is 1.05. The Morgan fingerprint density at radius 3 is 1.42 bits per heavy atom. The molecule has 2 atom stereocenters. The van der Waals surface area contributed by atoms with E-state index < -0.39 is 24.1 Å². The molecule has 0 rings (SSSR count). The van der Waals surface area contributed by atoms with Crippen molar-refractivity contribution in [3.63, 3.8) is 0 Å².